The molecule has 2 N–H and O–H groups in total. The fraction of sp³-hybridized carbons (Fsp3) is 0.412. The van der Waals surface area contributed by atoms with Crippen molar-refractivity contribution in [1.82, 2.24) is 5.32 Å². The summed E-state index contributed by atoms with van der Waals surface area (Å²) in [6, 6.07) is 7.15. The van der Waals surface area contributed by atoms with Gasteiger partial charge in [0.15, 0.2) is 0 Å². The zero-order valence-corrected chi connectivity index (χ0v) is 12.6. The van der Waals surface area contributed by atoms with E-state index in [1.165, 1.54) is 0 Å². The molecule has 4 nitrogen and oxygen atoms in total. The van der Waals surface area contributed by atoms with E-state index in [9.17, 15) is 9.59 Å². The maximum atomic E-state index is 12.2. The fourth-order valence-corrected chi connectivity index (χ4v) is 2.21. The molecule has 0 heterocycles. The molecule has 0 radical (unpaired) electrons. The van der Waals surface area contributed by atoms with Crippen molar-refractivity contribution in [2.45, 2.75) is 39.2 Å². The second kappa shape index (κ2) is 7.07. The topological polar surface area (TPSA) is 58.2 Å². The summed E-state index contributed by atoms with van der Waals surface area (Å²) in [7, 11) is 0. The highest BCUT2D eigenvalue weighted by atomic mass is 16.2. The zero-order chi connectivity index (χ0) is 15.2. The van der Waals surface area contributed by atoms with E-state index in [0.29, 0.717) is 11.3 Å². The molecule has 1 aromatic carbocycles. The van der Waals surface area contributed by atoms with Crippen LogP contribution < -0.4 is 10.6 Å². The largest absolute Gasteiger partial charge is 0.346 e. The molecule has 2 amide bonds. The summed E-state index contributed by atoms with van der Waals surface area (Å²) in [6.45, 7) is 3.67. The number of hydrogen-bond donors (Lipinski definition) is 2. The summed E-state index contributed by atoms with van der Waals surface area (Å²) in [5, 5.41) is 5.81. The maximum Gasteiger partial charge on any atom is 0.251 e. The lowest BCUT2D eigenvalue weighted by Crippen LogP contribution is -2.34. The molecule has 0 bridgehead atoms. The third kappa shape index (κ3) is 4.45. The van der Waals surface area contributed by atoms with Gasteiger partial charge in [-0.2, -0.15) is 0 Å². The highest BCUT2D eigenvalue weighted by Gasteiger charge is 2.14. The average molecular weight is 286 g/mol. The maximum absolute atomic E-state index is 12.2. The quantitative estimate of drug-likeness (QED) is 0.835. The Labute approximate surface area is 125 Å². The molecular weight excluding hydrogens is 264 g/mol. The molecule has 2 rings (SSSR count). The van der Waals surface area contributed by atoms with Crippen LogP contribution >= 0.6 is 0 Å². The lowest BCUT2D eigenvalue weighted by molar-refractivity contribution is -0.118. The molecule has 1 aliphatic carbocycles. The molecule has 21 heavy (non-hydrogen) atoms. The monoisotopic (exact) mass is 286 g/mol. The second-order valence-electron chi connectivity index (χ2n) is 5.66. The number of hydrogen-bond acceptors (Lipinski definition) is 2. The highest BCUT2D eigenvalue weighted by molar-refractivity contribution is 5.97. The summed E-state index contributed by atoms with van der Waals surface area (Å²) in [5.41, 5.74) is 1.22. The van der Waals surface area contributed by atoms with Gasteiger partial charge in [0.25, 0.3) is 5.91 Å². The van der Waals surface area contributed by atoms with Crippen LogP contribution in [0.2, 0.25) is 0 Å². The zero-order valence-electron chi connectivity index (χ0n) is 12.6. The van der Waals surface area contributed by atoms with E-state index in [1.54, 1.807) is 24.3 Å². The molecule has 1 unspecified atom stereocenters. The van der Waals surface area contributed by atoms with Crippen LogP contribution in [0.15, 0.2) is 36.4 Å². The van der Waals surface area contributed by atoms with Gasteiger partial charge < -0.3 is 10.6 Å². The van der Waals surface area contributed by atoms with Crippen molar-refractivity contribution < 1.29 is 9.59 Å². The van der Waals surface area contributed by atoms with Gasteiger partial charge in [-0.15, -0.1) is 0 Å². The van der Waals surface area contributed by atoms with E-state index in [4.69, 9.17) is 0 Å². The summed E-state index contributed by atoms with van der Waals surface area (Å²) in [6.07, 6.45) is 7.32. The number of amides is 2. The van der Waals surface area contributed by atoms with Crippen LogP contribution in [0.1, 0.15) is 43.5 Å². The summed E-state index contributed by atoms with van der Waals surface area (Å²) >= 11 is 0. The molecule has 112 valence electrons. The first-order valence-electron chi connectivity index (χ1n) is 7.44. The van der Waals surface area contributed by atoms with E-state index in [-0.39, 0.29) is 23.8 Å². The molecule has 0 aliphatic heterocycles. The first-order valence-corrected chi connectivity index (χ1v) is 7.44. The molecule has 0 aromatic heterocycles. The minimum atomic E-state index is -0.104. The molecule has 1 aromatic rings. The fourth-order valence-electron chi connectivity index (χ4n) is 2.21. The van der Waals surface area contributed by atoms with Gasteiger partial charge in [0.1, 0.15) is 0 Å². The van der Waals surface area contributed by atoms with Gasteiger partial charge in [-0.25, -0.2) is 0 Å². The second-order valence-corrected chi connectivity index (χ2v) is 5.66. The molecular formula is C17H22N2O2. The predicted molar refractivity (Wildman–Crippen MR) is 84.2 cm³/mol. The van der Waals surface area contributed by atoms with Gasteiger partial charge in [-0.05, 0) is 37.5 Å². The van der Waals surface area contributed by atoms with Crippen molar-refractivity contribution in [2.75, 3.05) is 5.32 Å². The Kier molecular flexibility index (Phi) is 5.14. The van der Waals surface area contributed by atoms with Crippen LogP contribution in [0.3, 0.4) is 0 Å². The van der Waals surface area contributed by atoms with Gasteiger partial charge in [-0.1, -0.05) is 32.1 Å². The van der Waals surface area contributed by atoms with Crippen LogP contribution in [-0.4, -0.2) is 17.9 Å². The molecule has 0 spiro atoms. The molecule has 0 fully saturated rings. The van der Waals surface area contributed by atoms with Crippen LogP contribution in [0, 0.1) is 5.92 Å². The van der Waals surface area contributed by atoms with Gasteiger partial charge in [-0.3, -0.25) is 9.59 Å². The third-order valence-corrected chi connectivity index (χ3v) is 3.49. The number of allylic oxidation sites excluding steroid dienone is 1. The molecule has 1 atom stereocenters. The van der Waals surface area contributed by atoms with Crippen LogP contribution in [0.25, 0.3) is 0 Å². The Hall–Kier alpha value is -2.10. The molecule has 4 heteroatoms. The highest BCUT2D eigenvalue weighted by Crippen LogP contribution is 2.14. The molecule has 0 saturated carbocycles. The number of carbonyl (C=O) groups is 2. The summed E-state index contributed by atoms with van der Waals surface area (Å²) < 4.78 is 0. The van der Waals surface area contributed by atoms with Crippen LogP contribution in [0.4, 0.5) is 5.69 Å². The van der Waals surface area contributed by atoms with Crippen molar-refractivity contribution in [1.29, 1.82) is 0 Å². The van der Waals surface area contributed by atoms with E-state index in [2.05, 4.69) is 16.7 Å². The van der Waals surface area contributed by atoms with Gasteiger partial charge >= 0.3 is 0 Å². The number of carbonyl (C=O) groups excluding carboxylic acids is 2. The lowest BCUT2D eigenvalue weighted by atomic mass is 10.0. The predicted octanol–water partition coefficient (Wildman–Crippen LogP) is 3.12. The van der Waals surface area contributed by atoms with Crippen molar-refractivity contribution in [3.05, 3.63) is 42.0 Å². The molecule has 1 aliphatic rings. The van der Waals surface area contributed by atoms with E-state index in [0.717, 1.165) is 19.3 Å². The first-order chi connectivity index (χ1) is 10.1. The van der Waals surface area contributed by atoms with Gasteiger partial charge in [0.2, 0.25) is 5.91 Å². The standard InChI is InChI=1S/C17H22N2O2/c1-12(2)16(20)19-15-10-6-7-13(11-15)17(21)18-14-8-4-3-5-9-14/h4,6-8,10-12,14H,3,5,9H2,1-2H3,(H,18,21)(H,19,20). The number of rotatable bonds is 4. The van der Waals surface area contributed by atoms with Crippen LogP contribution in [-0.2, 0) is 4.79 Å². The molecule has 0 saturated heterocycles. The number of benzene rings is 1. The van der Waals surface area contributed by atoms with Crippen molar-refractivity contribution in [3.63, 3.8) is 0 Å². The SMILES string of the molecule is CC(C)C(=O)Nc1cccc(C(=O)NC2C=CCCC2)c1. The Morgan fingerprint density at radius 2 is 2.10 bits per heavy atom. The van der Waals surface area contributed by atoms with Gasteiger partial charge in [0, 0.05) is 23.2 Å². The Bertz CT molecular complexity index is 549. The van der Waals surface area contributed by atoms with Crippen molar-refractivity contribution in [2.24, 2.45) is 5.92 Å². The van der Waals surface area contributed by atoms with E-state index >= 15 is 0 Å². The van der Waals surface area contributed by atoms with Crippen LogP contribution in [0.5, 0.6) is 0 Å². The van der Waals surface area contributed by atoms with Gasteiger partial charge in [0.05, 0.1) is 0 Å². The third-order valence-electron chi connectivity index (χ3n) is 3.49. The first kappa shape index (κ1) is 15.3. The van der Waals surface area contributed by atoms with E-state index in [1.807, 2.05) is 19.9 Å². The van der Waals surface area contributed by atoms with Crippen molar-refractivity contribution >= 4 is 17.5 Å². The Balaban J connectivity index is 2.02. The normalized spacial score (nSPS) is 17.6. The minimum absolute atomic E-state index is 0.0530. The minimum Gasteiger partial charge on any atom is -0.346 e. The smallest absolute Gasteiger partial charge is 0.251 e. The summed E-state index contributed by atoms with van der Waals surface area (Å²) in [5.74, 6) is -0.246. The number of nitrogens with one attached hydrogen (secondary N) is 2. The summed E-state index contributed by atoms with van der Waals surface area (Å²) in [4.78, 5) is 23.9. The lowest BCUT2D eigenvalue weighted by Gasteiger charge is -2.18. The average Bonchev–Trinajstić information content (AvgIpc) is 2.48. The Morgan fingerprint density at radius 1 is 1.29 bits per heavy atom. The van der Waals surface area contributed by atoms with Crippen molar-refractivity contribution in [3.8, 4) is 0 Å². The number of anilines is 1. The Morgan fingerprint density at radius 3 is 2.76 bits per heavy atom. The van der Waals surface area contributed by atoms with E-state index < -0.39 is 0 Å².